The maximum atomic E-state index is 9.27. The van der Waals surface area contributed by atoms with Crippen LogP contribution < -0.4 is 0 Å². The van der Waals surface area contributed by atoms with Crippen molar-refractivity contribution in [3.05, 3.63) is 34.9 Å². The summed E-state index contributed by atoms with van der Waals surface area (Å²) in [5.41, 5.74) is 1.19. The van der Waals surface area contributed by atoms with Crippen LogP contribution in [0.4, 0.5) is 0 Å². The molecule has 1 N–H and O–H groups in total. The summed E-state index contributed by atoms with van der Waals surface area (Å²) in [5, 5.41) is 10.1. The third-order valence-corrected chi connectivity index (χ3v) is 4.46. The van der Waals surface area contributed by atoms with E-state index < -0.39 is 0 Å². The van der Waals surface area contributed by atoms with Gasteiger partial charge in [0.2, 0.25) is 0 Å². The summed E-state index contributed by atoms with van der Waals surface area (Å²) < 4.78 is 0. The lowest BCUT2D eigenvalue weighted by Crippen LogP contribution is -2.55. The van der Waals surface area contributed by atoms with Crippen molar-refractivity contribution in [3.63, 3.8) is 0 Å². The van der Waals surface area contributed by atoms with Crippen molar-refractivity contribution in [2.45, 2.75) is 38.9 Å². The molecule has 0 saturated carbocycles. The number of rotatable bonds is 5. The van der Waals surface area contributed by atoms with Gasteiger partial charge in [-0.15, -0.1) is 0 Å². The van der Waals surface area contributed by atoms with E-state index in [0.29, 0.717) is 12.1 Å². The number of aliphatic hydroxyl groups is 1. The molecule has 4 heteroatoms. The highest BCUT2D eigenvalue weighted by Gasteiger charge is 2.28. The van der Waals surface area contributed by atoms with Gasteiger partial charge in [-0.2, -0.15) is 0 Å². The maximum absolute atomic E-state index is 9.27. The Bertz CT molecular complexity index is 425. The molecule has 1 aromatic carbocycles. The molecule has 0 aromatic heterocycles. The van der Waals surface area contributed by atoms with Gasteiger partial charge in [0.05, 0.1) is 0 Å². The number of piperazine rings is 1. The highest BCUT2D eigenvalue weighted by atomic mass is 35.5. The number of halogens is 1. The standard InChI is InChI=1S/C16H25ClN2O/c1-13(2)19-9-8-18(12-15(19)7-10-20)11-14-5-3-4-6-16(14)17/h3-6,13,15,20H,7-12H2,1-2H3. The van der Waals surface area contributed by atoms with Crippen LogP contribution in [-0.4, -0.2) is 53.2 Å². The molecule has 1 heterocycles. The van der Waals surface area contributed by atoms with Crippen molar-refractivity contribution < 1.29 is 5.11 Å². The lowest BCUT2D eigenvalue weighted by molar-refractivity contribution is 0.0349. The van der Waals surface area contributed by atoms with Gasteiger partial charge < -0.3 is 5.11 Å². The largest absolute Gasteiger partial charge is 0.396 e. The van der Waals surface area contributed by atoms with Gasteiger partial charge in [-0.25, -0.2) is 0 Å². The number of hydrogen-bond donors (Lipinski definition) is 1. The van der Waals surface area contributed by atoms with Crippen molar-refractivity contribution in [2.24, 2.45) is 0 Å². The molecule has 1 saturated heterocycles. The molecular formula is C16H25ClN2O. The topological polar surface area (TPSA) is 26.7 Å². The lowest BCUT2D eigenvalue weighted by Gasteiger charge is -2.43. The first-order valence-electron chi connectivity index (χ1n) is 7.44. The molecule has 0 amide bonds. The van der Waals surface area contributed by atoms with E-state index in [1.54, 1.807) is 0 Å². The molecule has 1 unspecified atom stereocenters. The van der Waals surface area contributed by atoms with Gasteiger partial charge in [-0.3, -0.25) is 9.80 Å². The smallest absolute Gasteiger partial charge is 0.0451 e. The molecule has 1 atom stereocenters. The SMILES string of the molecule is CC(C)N1CCN(Cc2ccccc2Cl)CC1CCO. The van der Waals surface area contributed by atoms with Crippen molar-refractivity contribution >= 4 is 11.6 Å². The third-order valence-electron chi connectivity index (χ3n) is 4.09. The van der Waals surface area contributed by atoms with Crippen LogP contribution in [0.25, 0.3) is 0 Å². The number of aliphatic hydroxyl groups excluding tert-OH is 1. The van der Waals surface area contributed by atoms with E-state index in [1.165, 1.54) is 5.56 Å². The fourth-order valence-electron chi connectivity index (χ4n) is 3.03. The summed E-state index contributed by atoms with van der Waals surface area (Å²) in [7, 11) is 0. The van der Waals surface area contributed by atoms with E-state index >= 15 is 0 Å². The summed E-state index contributed by atoms with van der Waals surface area (Å²) in [6, 6.07) is 9.03. The third kappa shape index (κ3) is 3.95. The zero-order chi connectivity index (χ0) is 14.5. The van der Waals surface area contributed by atoms with Crippen molar-refractivity contribution in [1.29, 1.82) is 0 Å². The van der Waals surface area contributed by atoms with Crippen molar-refractivity contribution in [1.82, 2.24) is 9.80 Å². The minimum absolute atomic E-state index is 0.258. The first kappa shape index (κ1) is 15.8. The summed E-state index contributed by atoms with van der Waals surface area (Å²) in [4.78, 5) is 4.94. The molecule has 1 fully saturated rings. The Morgan fingerprint density at radius 1 is 1.30 bits per heavy atom. The molecule has 112 valence electrons. The second kappa shape index (κ2) is 7.41. The minimum Gasteiger partial charge on any atom is -0.396 e. The normalized spacial score (nSPS) is 21.6. The first-order chi connectivity index (χ1) is 9.61. The summed E-state index contributed by atoms with van der Waals surface area (Å²) >= 11 is 6.24. The average Bonchev–Trinajstić information content (AvgIpc) is 2.42. The van der Waals surface area contributed by atoms with Crippen LogP contribution in [0.2, 0.25) is 5.02 Å². The van der Waals surface area contributed by atoms with E-state index in [4.69, 9.17) is 11.6 Å². The fourth-order valence-corrected chi connectivity index (χ4v) is 3.23. The van der Waals surface area contributed by atoms with Crippen LogP contribution in [0.15, 0.2) is 24.3 Å². The van der Waals surface area contributed by atoms with Crippen LogP contribution in [0.3, 0.4) is 0 Å². The minimum atomic E-state index is 0.258. The molecule has 20 heavy (non-hydrogen) atoms. The van der Waals surface area contributed by atoms with Gasteiger partial charge >= 0.3 is 0 Å². The summed E-state index contributed by atoms with van der Waals surface area (Å²) in [6.45, 7) is 8.74. The Morgan fingerprint density at radius 3 is 2.70 bits per heavy atom. The second-order valence-electron chi connectivity index (χ2n) is 5.82. The Kier molecular flexibility index (Phi) is 5.85. The molecule has 0 spiro atoms. The van der Waals surface area contributed by atoms with Crippen molar-refractivity contribution in [3.8, 4) is 0 Å². The molecule has 0 bridgehead atoms. The van der Waals surface area contributed by atoms with Gasteiger partial charge in [-0.05, 0) is 31.9 Å². The maximum Gasteiger partial charge on any atom is 0.0451 e. The van der Waals surface area contributed by atoms with Crippen LogP contribution >= 0.6 is 11.6 Å². The number of benzene rings is 1. The monoisotopic (exact) mass is 296 g/mol. The number of nitrogens with zero attached hydrogens (tertiary/aromatic N) is 2. The highest BCUT2D eigenvalue weighted by molar-refractivity contribution is 6.31. The summed E-state index contributed by atoms with van der Waals surface area (Å²) in [6.07, 6.45) is 0.844. The van der Waals surface area contributed by atoms with E-state index in [-0.39, 0.29) is 6.61 Å². The van der Waals surface area contributed by atoms with Gasteiger partial charge in [-0.1, -0.05) is 29.8 Å². The quantitative estimate of drug-likeness (QED) is 0.905. The van der Waals surface area contributed by atoms with Crippen molar-refractivity contribution in [2.75, 3.05) is 26.2 Å². The molecule has 0 radical (unpaired) electrons. The predicted molar refractivity (Wildman–Crippen MR) is 84.1 cm³/mol. The molecule has 1 aromatic rings. The Labute approximate surface area is 127 Å². The summed E-state index contributed by atoms with van der Waals surface area (Å²) in [5.74, 6) is 0. The lowest BCUT2D eigenvalue weighted by atomic mass is 10.1. The Morgan fingerprint density at radius 2 is 2.05 bits per heavy atom. The second-order valence-corrected chi connectivity index (χ2v) is 6.23. The molecule has 3 nitrogen and oxygen atoms in total. The highest BCUT2D eigenvalue weighted by Crippen LogP contribution is 2.21. The van der Waals surface area contributed by atoms with Crippen LogP contribution in [0, 0.1) is 0 Å². The fraction of sp³-hybridized carbons (Fsp3) is 0.625. The van der Waals surface area contributed by atoms with E-state index in [0.717, 1.165) is 37.6 Å². The van der Waals surface area contributed by atoms with Crippen LogP contribution in [0.5, 0.6) is 0 Å². The number of hydrogen-bond acceptors (Lipinski definition) is 3. The van der Waals surface area contributed by atoms with Gasteiger partial charge in [0.15, 0.2) is 0 Å². The molecule has 1 aliphatic rings. The van der Waals surface area contributed by atoms with Gasteiger partial charge in [0.25, 0.3) is 0 Å². The molecule has 2 rings (SSSR count). The van der Waals surface area contributed by atoms with E-state index in [2.05, 4.69) is 29.7 Å². The molecule has 1 aliphatic heterocycles. The van der Waals surface area contributed by atoms with Crippen LogP contribution in [0.1, 0.15) is 25.8 Å². The molecular weight excluding hydrogens is 272 g/mol. The average molecular weight is 297 g/mol. The predicted octanol–water partition coefficient (Wildman–Crippen LogP) is 2.62. The zero-order valence-electron chi connectivity index (χ0n) is 12.4. The Balaban J connectivity index is 1.99. The van der Waals surface area contributed by atoms with Gasteiger partial charge in [0, 0.05) is 49.9 Å². The van der Waals surface area contributed by atoms with E-state index in [9.17, 15) is 5.11 Å². The van der Waals surface area contributed by atoms with Crippen LogP contribution in [-0.2, 0) is 6.54 Å². The Hall–Kier alpha value is -0.610. The zero-order valence-corrected chi connectivity index (χ0v) is 13.2. The first-order valence-corrected chi connectivity index (χ1v) is 7.82. The van der Waals surface area contributed by atoms with Gasteiger partial charge in [0.1, 0.15) is 0 Å². The van der Waals surface area contributed by atoms with E-state index in [1.807, 2.05) is 18.2 Å². The molecule has 0 aliphatic carbocycles.